The molecule has 0 spiro atoms. The Bertz CT molecular complexity index is 860. The van der Waals surface area contributed by atoms with E-state index in [2.05, 4.69) is 0 Å². The van der Waals surface area contributed by atoms with Gasteiger partial charge >= 0.3 is 0 Å². The second-order valence-corrected chi connectivity index (χ2v) is 8.35. The maximum atomic E-state index is 13.2. The molecule has 0 aromatic heterocycles. The number of nitrogens with zero attached hydrogens (tertiary/aromatic N) is 2. The van der Waals surface area contributed by atoms with Crippen molar-refractivity contribution in [1.82, 2.24) is 9.80 Å². The van der Waals surface area contributed by atoms with E-state index < -0.39 is 0 Å². The summed E-state index contributed by atoms with van der Waals surface area (Å²) in [4.78, 5) is 28.8. The third-order valence-corrected chi connectivity index (χ3v) is 6.28. The Balaban J connectivity index is 1.75. The van der Waals surface area contributed by atoms with Gasteiger partial charge in [-0.3, -0.25) is 9.59 Å². The SMILES string of the molecule is CC(C)N(CCN1C(=O)CS[C@@H]1c1ccccc1Cl)C(=O)c1ccc(F)cc1. The Morgan fingerprint density at radius 1 is 1.25 bits per heavy atom. The first-order chi connectivity index (χ1) is 13.4. The van der Waals surface area contributed by atoms with E-state index in [1.54, 1.807) is 9.80 Å². The molecule has 0 saturated carbocycles. The summed E-state index contributed by atoms with van der Waals surface area (Å²) in [6.45, 7) is 4.65. The highest BCUT2D eigenvalue weighted by molar-refractivity contribution is 8.00. The van der Waals surface area contributed by atoms with Crippen molar-refractivity contribution in [3.05, 3.63) is 70.5 Å². The molecule has 4 nitrogen and oxygen atoms in total. The standard InChI is InChI=1S/C21H22ClFN2O2S/c1-14(2)24(20(27)15-7-9-16(23)10-8-15)11-12-25-19(26)13-28-21(25)17-5-3-4-6-18(17)22/h3-10,14,21H,11-13H2,1-2H3/t21-/m1/s1. The van der Waals surface area contributed by atoms with Gasteiger partial charge in [-0.1, -0.05) is 29.8 Å². The van der Waals surface area contributed by atoms with Gasteiger partial charge in [0.15, 0.2) is 0 Å². The lowest BCUT2D eigenvalue weighted by Crippen LogP contribution is -2.43. The number of halogens is 2. The van der Waals surface area contributed by atoms with Crippen LogP contribution in [0, 0.1) is 5.82 Å². The highest BCUT2D eigenvalue weighted by Gasteiger charge is 2.34. The lowest BCUT2D eigenvalue weighted by molar-refractivity contribution is -0.128. The Morgan fingerprint density at radius 3 is 2.57 bits per heavy atom. The fourth-order valence-corrected chi connectivity index (χ4v) is 4.75. The highest BCUT2D eigenvalue weighted by atomic mass is 35.5. The fourth-order valence-electron chi connectivity index (χ4n) is 3.20. The number of carbonyl (C=O) groups excluding carboxylic acids is 2. The molecule has 1 saturated heterocycles. The highest BCUT2D eigenvalue weighted by Crippen LogP contribution is 2.41. The zero-order valence-electron chi connectivity index (χ0n) is 15.8. The number of carbonyl (C=O) groups is 2. The van der Waals surface area contributed by atoms with E-state index in [0.29, 0.717) is 29.4 Å². The maximum absolute atomic E-state index is 13.2. The molecular formula is C21H22ClFN2O2S. The van der Waals surface area contributed by atoms with Crippen molar-refractivity contribution in [2.75, 3.05) is 18.8 Å². The van der Waals surface area contributed by atoms with E-state index in [-0.39, 0.29) is 29.0 Å². The molecule has 2 aromatic carbocycles. The summed E-state index contributed by atoms with van der Waals surface area (Å²) in [6.07, 6.45) is 0. The van der Waals surface area contributed by atoms with E-state index in [0.717, 1.165) is 5.56 Å². The molecule has 28 heavy (non-hydrogen) atoms. The van der Waals surface area contributed by atoms with E-state index in [9.17, 15) is 14.0 Å². The van der Waals surface area contributed by atoms with Crippen molar-refractivity contribution in [3.8, 4) is 0 Å². The molecule has 0 radical (unpaired) electrons. The largest absolute Gasteiger partial charge is 0.334 e. The molecule has 7 heteroatoms. The monoisotopic (exact) mass is 420 g/mol. The van der Waals surface area contributed by atoms with Gasteiger partial charge in [-0.15, -0.1) is 11.8 Å². The molecule has 0 aliphatic carbocycles. The Morgan fingerprint density at radius 2 is 1.93 bits per heavy atom. The van der Waals surface area contributed by atoms with Crippen molar-refractivity contribution in [3.63, 3.8) is 0 Å². The number of rotatable bonds is 6. The average molecular weight is 421 g/mol. The smallest absolute Gasteiger partial charge is 0.254 e. The molecule has 148 valence electrons. The van der Waals surface area contributed by atoms with Crippen LogP contribution in [0.5, 0.6) is 0 Å². The van der Waals surface area contributed by atoms with Crippen molar-refractivity contribution in [2.24, 2.45) is 0 Å². The Kier molecular flexibility index (Phi) is 6.62. The lowest BCUT2D eigenvalue weighted by atomic mass is 10.1. The first-order valence-electron chi connectivity index (χ1n) is 9.10. The van der Waals surface area contributed by atoms with Gasteiger partial charge in [0.1, 0.15) is 11.2 Å². The van der Waals surface area contributed by atoms with E-state index >= 15 is 0 Å². The number of hydrogen-bond acceptors (Lipinski definition) is 3. The molecule has 2 aromatic rings. The zero-order chi connectivity index (χ0) is 20.3. The van der Waals surface area contributed by atoms with Crippen LogP contribution in [0.2, 0.25) is 5.02 Å². The third kappa shape index (κ3) is 4.50. The van der Waals surface area contributed by atoms with Crippen molar-refractivity contribution >= 4 is 35.2 Å². The number of benzene rings is 2. The minimum Gasteiger partial charge on any atom is -0.334 e. The lowest BCUT2D eigenvalue weighted by Gasteiger charge is -2.31. The van der Waals surface area contributed by atoms with E-state index in [1.807, 2.05) is 38.1 Å². The quantitative estimate of drug-likeness (QED) is 0.685. The topological polar surface area (TPSA) is 40.6 Å². The normalized spacial score (nSPS) is 16.7. The van der Waals surface area contributed by atoms with Crippen LogP contribution in [0.15, 0.2) is 48.5 Å². The number of thioether (sulfide) groups is 1. The van der Waals surface area contributed by atoms with Crippen molar-refractivity contribution < 1.29 is 14.0 Å². The molecule has 0 bridgehead atoms. The van der Waals surface area contributed by atoms with E-state index in [1.165, 1.54) is 36.0 Å². The van der Waals surface area contributed by atoms with Crippen molar-refractivity contribution in [1.29, 1.82) is 0 Å². The predicted octanol–water partition coefficient (Wildman–Crippen LogP) is 4.60. The molecule has 0 unspecified atom stereocenters. The van der Waals surface area contributed by atoms with Crippen LogP contribution in [-0.2, 0) is 4.79 Å². The molecule has 3 rings (SSSR count). The van der Waals surface area contributed by atoms with Crippen LogP contribution in [0.25, 0.3) is 0 Å². The summed E-state index contributed by atoms with van der Waals surface area (Å²) in [7, 11) is 0. The minimum atomic E-state index is -0.380. The van der Waals surface area contributed by atoms with Gasteiger partial charge in [-0.2, -0.15) is 0 Å². The second-order valence-electron chi connectivity index (χ2n) is 6.87. The van der Waals surface area contributed by atoms with Gasteiger partial charge in [-0.05, 0) is 44.2 Å². The first-order valence-corrected chi connectivity index (χ1v) is 10.5. The molecule has 1 atom stereocenters. The Hall–Kier alpha value is -2.05. The first kappa shape index (κ1) is 20.7. The summed E-state index contributed by atoms with van der Waals surface area (Å²) in [5.41, 5.74) is 1.33. The number of amides is 2. The van der Waals surface area contributed by atoms with Crippen LogP contribution >= 0.6 is 23.4 Å². The van der Waals surface area contributed by atoms with Gasteiger partial charge in [0, 0.05) is 35.3 Å². The summed E-state index contributed by atoms with van der Waals surface area (Å²) in [5.74, 6) is -0.130. The summed E-state index contributed by atoms with van der Waals surface area (Å²) >= 11 is 7.87. The van der Waals surface area contributed by atoms with Gasteiger partial charge in [-0.25, -0.2) is 4.39 Å². The molecule has 1 aliphatic rings. The maximum Gasteiger partial charge on any atom is 0.254 e. The average Bonchev–Trinajstić information content (AvgIpc) is 3.03. The third-order valence-electron chi connectivity index (χ3n) is 4.70. The minimum absolute atomic E-state index is 0.0351. The molecule has 2 amide bonds. The van der Waals surface area contributed by atoms with Gasteiger partial charge in [0.25, 0.3) is 5.91 Å². The van der Waals surface area contributed by atoms with Crippen LogP contribution in [0.3, 0.4) is 0 Å². The predicted molar refractivity (Wildman–Crippen MR) is 111 cm³/mol. The van der Waals surface area contributed by atoms with Crippen LogP contribution < -0.4 is 0 Å². The number of hydrogen-bond donors (Lipinski definition) is 0. The molecule has 0 N–H and O–H groups in total. The van der Waals surface area contributed by atoms with E-state index in [4.69, 9.17) is 11.6 Å². The van der Waals surface area contributed by atoms with Crippen LogP contribution in [0.1, 0.15) is 35.1 Å². The van der Waals surface area contributed by atoms with Gasteiger partial charge in [0.2, 0.25) is 5.91 Å². The second kappa shape index (κ2) is 8.97. The van der Waals surface area contributed by atoms with Gasteiger partial charge < -0.3 is 9.80 Å². The summed E-state index contributed by atoms with van der Waals surface area (Å²) in [5, 5.41) is 0.471. The van der Waals surface area contributed by atoms with Crippen LogP contribution in [-0.4, -0.2) is 46.5 Å². The van der Waals surface area contributed by atoms with Crippen LogP contribution in [0.4, 0.5) is 4.39 Å². The molecule has 1 aliphatic heterocycles. The molecule has 1 heterocycles. The molecule has 1 fully saturated rings. The van der Waals surface area contributed by atoms with Crippen molar-refractivity contribution in [2.45, 2.75) is 25.3 Å². The Labute approximate surface area is 173 Å². The zero-order valence-corrected chi connectivity index (χ0v) is 17.3. The summed E-state index contributed by atoms with van der Waals surface area (Å²) < 4.78 is 13.2. The van der Waals surface area contributed by atoms with Gasteiger partial charge in [0.05, 0.1) is 5.75 Å². The summed E-state index contributed by atoms with van der Waals surface area (Å²) in [6, 6.07) is 13.0. The molecular weight excluding hydrogens is 399 g/mol. The fraction of sp³-hybridized carbons (Fsp3) is 0.333.